The van der Waals surface area contributed by atoms with Crippen molar-refractivity contribution >= 4 is 12.2 Å². The Morgan fingerprint density at radius 3 is 1.87 bits per heavy atom. The Labute approximate surface area is 236 Å². The van der Waals surface area contributed by atoms with Crippen molar-refractivity contribution in [2.75, 3.05) is 59.5 Å². The topological polar surface area (TPSA) is 77.4 Å². The van der Waals surface area contributed by atoms with Crippen LogP contribution in [0.3, 0.4) is 0 Å². The molecule has 0 unspecified atom stereocenters. The molecule has 226 valence electrons. The molecule has 0 aliphatic heterocycles. The van der Waals surface area contributed by atoms with Crippen LogP contribution in [0.2, 0.25) is 0 Å². The minimum absolute atomic E-state index is 0.142. The molecule has 4 N–H and O–H groups in total. The first-order valence-electron chi connectivity index (χ1n) is 15.7. The van der Waals surface area contributed by atoms with Gasteiger partial charge in [0, 0.05) is 19.4 Å². The highest BCUT2D eigenvalue weighted by atomic mass is 16.5. The molecule has 38 heavy (non-hydrogen) atoms. The van der Waals surface area contributed by atoms with Gasteiger partial charge in [0.05, 0.1) is 32.3 Å². The van der Waals surface area contributed by atoms with E-state index in [9.17, 15) is 4.79 Å². The molecule has 0 aromatic rings. The van der Waals surface area contributed by atoms with E-state index in [-0.39, 0.29) is 11.5 Å². The van der Waals surface area contributed by atoms with Crippen LogP contribution in [0.5, 0.6) is 0 Å². The van der Waals surface area contributed by atoms with Crippen molar-refractivity contribution in [3.05, 3.63) is 0 Å². The minimum Gasteiger partial charge on any atom is -0.375 e. The lowest BCUT2D eigenvalue weighted by Crippen LogP contribution is -2.30. The van der Waals surface area contributed by atoms with Gasteiger partial charge in [-0.05, 0) is 90.4 Å². The first-order chi connectivity index (χ1) is 18.1. The second-order valence-corrected chi connectivity index (χ2v) is 12.4. The number of unbranched alkanes of at least 4 members (excludes halogenated alkanes) is 6. The van der Waals surface area contributed by atoms with Crippen molar-refractivity contribution in [2.45, 2.75) is 118 Å². The molecular formula is C31H66N5O2+. The van der Waals surface area contributed by atoms with Crippen LogP contribution in [0.4, 0.5) is 0 Å². The van der Waals surface area contributed by atoms with E-state index in [4.69, 9.17) is 4.74 Å². The smallest absolute Gasteiger partial charge is 0.231 e. The molecule has 0 spiro atoms. The average Bonchev–Trinajstić information content (AvgIpc) is 2.85. The molecule has 0 aliphatic rings. The van der Waals surface area contributed by atoms with Gasteiger partial charge >= 0.3 is 0 Å². The molecular weight excluding hydrogens is 474 g/mol. The molecule has 0 saturated carbocycles. The fraction of sp³-hybridized carbons (Fsp3) is 0.935. The average molecular weight is 541 g/mol. The first-order valence-corrected chi connectivity index (χ1v) is 15.7. The van der Waals surface area contributed by atoms with Crippen LogP contribution in [-0.4, -0.2) is 81.9 Å². The van der Waals surface area contributed by atoms with Gasteiger partial charge in [0.2, 0.25) is 12.2 Å². The fourth-order valence-corrected chi connectivity index (χ4v) is 4.09. The van der Waals surface area contributed by atoms with Crippen LogP contribution in [0.25, 0.3) is 0 Å². The molecule has 0 aromatic heterocycles. The number of rotatable bonds is 27. The number of amides is 1. The quantitative estimate of drug-likeness (QED) is 0.0514. The third-order valence-corrected chi connectivity index (χ3v) is 6.55. The van der Waals surface area contributed by atoms with Gasteiger partial charge < -0.3 is 20.7 Å². The summed E-state index contributed by atoms with van der Waals surface area (Å²) in [6, 6.07) is 0. The number of ether oxygens (including phenoxy) is 1. The summed E-state index contributed by atoms with van der Waals surface area (Å²) in [6.45, 7) is 21.1. The van der Waals surface area contributed by atoms with Crippen LogP contribution < -0.4 is 21.3 Å². The van der Waals surface area contributed by atoms with Crippen molar-refractivity contribution in [1.29, 1.82) is 0 Å². The molecule has 0 radical (unpaired) electrons. The predicted molar refractivity (Wildman–Crippen MR) is 164 cm³/mol. The minimum atomic E-state index is -0.273. The van der Waals surface area contributed by atoms with Crippen molar-refractivity contribution in [3.8, 4) is 0 Å². The van der Waals surface area contributed by atoms with Gasteiger partial charge in [0.15, 0.2) is 0 Å². The number of carbonyl (C=O) groups excluding carboxylic acids is 1. The van der Waals surface area contributed by atoms with E-state index in [2.05, 4.69) is 80.8 Å². The monoisotopic (exact) mass is 541 g/mol. The Morgan fingerprint density at radius 1 is 0.789 bits per heavy atom. The second-order valence-electron chi connectivity index (χ2n) is 12.4. The lowest BCUT2D eigenvalue weighted by molar-refractivity contribution is -0.495. The van der Waals surface area contributed by atoms with Gasteiger partial charge in [0.1, 0.15) is 0 Å². The van der Waals surface area contributed by atoms with Gasteiger partial charge in [-0.1, -0.05) is 47.0 Å². The van der Waals surface area contributed by atoms with E-state index in [1.165, 1.54) is 44.9 Å². The largest absolute Gasteiger partial charge is 0.375 e. The maximum Gasteiger partial charge on any atom is 0.231 e. The number of nitrogens with one attached hydrogen (secondary N) is 4. The zero-order chi connectivity index (χ0) is 28.5. The van der Waals surface area contributed by atoms with Gasteiger partial charge in [-0.2, -0.15) is 0 Å². The molecule has 0 aromatic carbocycles. The first kappa shape index (κ1) is 36.8. The second kappa shape index (κ2) is 24.8. The molecule has 0 fully saturated rings. The summed E-state index contributed by atoms with van der Waals surface area (Å²) in [5, 5.41) is 13.5. The van der Waals surface area contributed by atoms with Gasteiger partial charge in [-0.25, -0.2) is 0 Å². The SMILES string of the molecule is CC(C)CNCCCCCCNC=[N+](C)CCCOC(C)(C)CCC(=O)NCCCCCCNCC(C)C. The summed E-state index contributed by atoms with van der Waals surface area (Å²) >= 11 is 0. The highest BCUT2D eigenvalue weighted by Crippen LogP contribution is 2.17. The van der Waals surface area contributed by atoms with Crippen molar-refractivity contribution in [2.24, 2.45) is 11.8 Å². The molecule has 0 atom stereocenters. The molecule has 1 amide bonds. The molecule has 7 nitrogen and oxygen atoms in total. The number of carbonyl (C=O) groups is 1. The fourth-order valence-electron chi connectivity index (χ4n) is 4.09. The highest BCUT2D eigenvalue weighted by molar-refractivity contribution is 5.75. The maximum atomic E-state index is 12.2. The lowest BCUT2D eigenvalue weighted by atomic mass is 10.0. The predicted octanol–water partition coefficient (Wildman–Crippen LogP) is 4.94. The van der Waals surface area contributed by atoms with Gasteiger partial charge in [-0.3, -0.25) is 14.7 Å². The van der Waals surface area contributed by atoms with Crippen LogP contribution in [-0.2, 0) is 9.53 Å². The van der Waals surface area contributed by atoms with Crippen LogP contribution in [0.15, 0.2) is 0 Å². The summed E-state index contributed by atoms with van der Waals surface area (Å²) < 4.78 is 8.29. The zero-order valence-corrected chi connectivity index (χ0v) is 26.4. The standard InChI is InChI=1S/C31H65N5O2/c1-28(2)25-32-19-12-8-9-14-21-34-27-36(7)23-16-24-38-31(5,6)18-17-30(37)35-22-15-11-10-13-20-33-26-29(3)4/h27-29,32-33H,8-26H2,1-7H3,(H,35,37)/p+1. The van der Waals surface area contributed by atoms with E-state index in [1.807, 2.05) is 0 Å². The normalized spacial score (nSPS) is 12.5. The Morgan fingerprint density at radius 2 is 1.32 bits per heavy atom. The molecule has 0 aliphatic carbocycles. The Kier molecular flexibility index (Phi) is 24.1. The Balaban J connectivity index is 3.64. The van der Waals surface area contributed by atoms with E-state index < -0.39 is 0 Å². The number of nitrogens with zero attached hydrogens (tertiary/aromatic N) is 1. The van der Waals surface area contributed by atoms with Gasteiger partial charge in [-0.15, -0.1) is 0 Å². The van der Waals surface area contributed by atoms with E-state index in [1.54, 1.807) is 0 Å². The summed E-state index contributed by atoms with van der Waals surface area (Å²) in [4.78, 5) is 12.2. The van der Waals surface area contributed by atoms with E-state index in [0.29, 0.717) is 18.9 Å². The molecule has 0 bridgehead atoms. The van der Waals surface area contributed by atoms with Crippen molar-refractivity contribution < 1.29 is 14.1 Å². The van der Waals surface area contributed by atoms with Crippen LogP contribution in [0, 0.1) is 11.8 Å². The number of hydrogen-bond donors (Lipinski definition) is 4. The third kappa shape index (κ3) is 27.8. The van der Waals surface area contributed by atoms with Crippen molar-refractivity contribution in [3.63, 3.8) is 0 Å². The third-order valence-electron chi connectivity index (χ3n) is 6.55. The van der Waals surface area contributed by atoms with Crippen molar-refractivity contribution in [1.82, 2.24) is 21.3 Å². The summed E-state index contributed by atoms with van der Waals surface area (Å²) in [6.07, 6.45) is 14.1. The van der Waals surface area contributed by atoms with E-state index >= 15 is 0 Å². The molecule has 7 heteroatoms. The molecule has 0 heterocycles. The molecule has 0 saturated heterocycles. The maximum absolute atomic E-state index is 12.2. The Hall–Kier alpha value is -1.18. The summed E-state index contributed by atoms with van der Waals surface area (Å²) in [7, 11) is 2.10. The summed E-state index contributed by atoms with van der Waals surface area (Å²) in [5.74, 6) is 1.59. The van der Waals surface area contributed by atoms with Crippen LogP contribution >= 0.6 is 0 Å². The lowest BCUT2D eigenvalue weighted by Gasteiger charge is -2.25. The Bertz CT molecular complexity index is 579. The summed E-state index contributed by atoms with van der Waals surface area (Å²) in [5.41, 5.74) is -0.273. The highest BCUT2D eigenvalue weighted by Gasteiger charge is 2.19. The zero-order valence-electron chi connectivity index (χ0n) is 26.4. The van der Waals surface area contributed by atoms with E-state index in [0.717, 1.165) is 71.0 Å². The van der Waals surface area contributed by atoms with Gasteiger partial charge in [0.25, 0.3) is 0 Å². The number of hydrogen-bond acceptors (Lipinski definition) is 4. The van der Waals surface area contributed by atoms with Crippen LogP contribution in [0.1, 0.15) is 112 Å². The molecule has 0 rings (SSSR count).